The first-order valence-electron chi connectivity index (χ1n) is 4.79. The van der Waals surface area contributed by atoms with Crippen LogP contribution in [0.15, 0.2) is 18.2 Å². The largest absolute Gasteiger partial charge is 0.481 e. The topological polar surface area (TPSA) is 37.3 Å². The lowest BCUT2D eigenvalue weighted by Crippen LogP contribution is -2.19. The van der Waals surface area contributed by atoms with E-state index >= 15 is 0 Å². The molecule has 1 N–H and O–H groups in total. The average Bonchev–Trinajstić information content (AvgIpc) is 2.98. The number of carboxylic acid groups (broad SMARTS) is 1. The normalized spacial score (nSPS) is 17.5. The van der Waals surface area contributed by atoms with Crippen molar-refractivity contribution in [3.63, 3.8) is 0 Å². The van der Waals surface area contributed by atoms with Crippen molar-refractivity contribution in [1.82, 2.24) is 0 Å². The number of hydrogen-bond acceptors (Lipinski definition) is 1. The number of carboxylic acids is 1. The van der Waals surface area contributed by atoms with Gasteiger partial charge in [-0.25, -0.2) is 13.2 Å². The van der Waals surface area contributed by atoms with E-state index in [-0.39, 0.29) is 5.56 Å². The molecule has 2 nitrogen and oxygen atoms in total. The summed E-state index contributed by atoms with van der Waals surface area (Å²) in [7, 11) is 0. The minimum absolute atomic E-state index is 0.261. The van der Waals surface area contributed by atoms with Crippen LogP contribution in [0.25, 0.3) is 0 Å². The Labute approximate surface area is 89.7 Å². The van der Waals surface area contributed by atoms with Gasteiger partial charge in [0.1, 0.15) is 5.82 Å². The van der Waals surface area contributed by atoms with Gasteiger partial charge in [-0.2, -0.15) is 0 Å². The van der Waals surface area contributed by atoms with Crippen molar-refractivity contribution in [2.45, 2.75) is 24.7 Å². The van der Waals surface area contributed by atoms with Crippen LogP contribution in [0.4, 0.5) is 13.2 Å². The maximum Gasteiger partial charge on any atom is 0.314 e. The van der Waals surface area contributed by atoms with Crippen molar-refractivity contribution in [2.75, 3.05) is 0 Å². The smallest absolute Gasteiger partial charge is 0.314 e. The van der Waals surface area contributed by atoms with E-state index in [0.29, 0.717) is 12.8 Å². The molecule has 0 aromatic heterocycles. The van der Waals surface area contributed by atoms with Crippen molar-refractivity contribution in [3.8, 4) is 0 Å². The molecule has 1 aromatic rings. The maximum atomic E-state index is 13.0. The minimum Gasteiger partial charge on any atom is -0.481 e. The zero-order valence-corrected chi connectivity index (χ0v) is 8.21. The molecule has 0 saturated heterocycles. The number of rotatable bonds is 3. The van der Waals surface area contributed by atoms with Gasteiger partial charge in [-0.3, -0.25) is 4.79 Å². The summed E-state index contributed by atoms with van der Waals surface area (Å²) in [4.78, 5) is 11.0. The van der Waals surface area contributed by atoms with Gasteiger partial charge in [0, 0.05) is 0 Å². The molecular weight excluding hydrogens is 221 g/mol. The van der Waals surface area contributed by atoms with Crippen LogP contribution in [-0.4, -0.2) is 11.1 Å². The second-order valence-corrected chi connectivity index (χ2v) is 3.92. The van der Waals surface area contributed by atoms with Crippen LogP contribution in [0.2, 0.25) is 0 Å². The Morgan fingerprint density at radius 2 is 2.00 bits per heavy atom. The van der Waals surface area contributed by atoms with Crippen molar-refractivity contribution >= 4 is 5.97 Å². The van der Waals surface area contributed by atoms with Gasteiger partial charge in [-0.05, 0) is 30.5 Å². The lowest BCUT2D eigenvalue weighted by atomic mass is 9.94. The van der Waals surface area contributed by atoms with E-state index in [2.05, 4.69) is 0 Å². The Morgan fingerprint density at radius 1 is 1.38 bits per heavy atom. The second kappa shape index (κ2) is 3.50. The molecule has 0 heterocycles. The number of benzene rings is 1. The van der Waals surface area contributed by atoms with E-state index in [0.717, 1.165) is 12.1 Å². The second-order valence-electron chi connectivity index (χ2n) is 3.92. The number of hydrogen-bond donors (Lipinski definition) is 1. The van der Waals surface area contributed by atoms with E-state index in [4.69, 9.17) is 5.11 Å². The lowest BCUT2D eigenvalue weighted by molar-refractivity contribution is -0.140. The Hall–Kier alpha value is -1.52. The van der Waals surface area contributed by atoms with Crippen LogP contribution in [-0.2, 0) is 10.2 Å². The lowest BCUT2D eigenvalue weighted by Gasteiger charge is -2.12. The predicted molar refractivity (Wildman–Crippen MR) is 49.9 cm³/mol. The molecule has 0 amide bonds. The van der Waals surface area contributed by atoms with E-state index in [1.165, 1.54) is 6.07 Å². The quantitative estimate of drug-likeness (QED) is 0.866. The monoisotopic (exact) mass is 230 g/mol. The van der Waals surface area contributed by atoms with Crippen molar-refractivity contribution in [1.29, 1.82) is 0 Å². The Morgan fingerprint density at radius 3 is 2.44 bits per heavy atom. The molecule has 5 heteroatoms. The first kappa shape index (κ1) is 11.0. The summed E-state index contributed by atoms with van der Waals surface area (Å²) in [5.41, 5.74) is -1.54. The standard InChI is InChI=1S/C11H9F3O2/c12-8-2-1-6(5-7(8)9(13)14)11(3-4-11)10(15)16/h1-2,5,9H,3-4H2,(H,15,16). The number of carbonyl (C=O) groups is 1. The Balaban J connectivity index is 2.44. The van der Waals surface area contributed by atoms with Gasteiger partial charge in [-0.1, -0.05) is 6.07 Å². The van der Waals surface area contributed by atoms with Gasteiger partial charge >= 0.3 is 5.97 Å². The SMILES string of the molecule is O=C(O)C1(c2ccc(F)c(C(F)F)c2)CC1. The van der Waals surface area contributed by atoms with Crippen LogP contribution in [0.3, 0.4) is 0 Å². The zero-order valence-electron chi connectivity index (χ0n) is 8.21. The molecular formula is C11H9F3O2. The molecule has 2 rings (SSSR count). The summed E-state index contributed by atoms with van der Waals surface area (Å²) >= 11 is 0. The third kappa shape index (κ3) is 1.56. The summed E-state index contributed by atoms with van der Waals surface area (Å²) in [5.74, 6) is -2.04. The summed E-state index contributed by atoms with van der Waals surface area (Å²) < 4.78 is 37.9. The molecule has 0 aliphatic heterocycles. The minimum atomic E-state index is -2.93. The van der Waals surface area contributed by atoms with Crippen molar-refractivity contribution < 1.29 is 23.1 Å². The highest BCUT2D eigenvalue weighted by atomic mass is 19.3. The molecule has 86 valence electrons. The van der Waals surface area contributed by atoms with Gasteiger partial charge in [0.15, 0.2) is 0 Å². The molecule has 1 aliphatic rings. The van der Waals surface area contributed by atoms with Crippen molar-refractivity contribution in [2.24, 2.45) is 0 Å². The first-order chi connectivity index (χ1) is 7.47. The highest BCUT2D eigenvalue weighted by Gasteiger charge is 2.52. The maximum absolute atomic E-state index is 13.0. The molecule has 0 unspecified atom stereocenters. The van der Waals surface area contributed by atoms with Crippen LogP contribution in [0, 0.1) is 5.82 Å². The molecule has 0 radical (unpaired) electrons. The molecule has 1 aromatic carbocycles. The third-order valence-corrected chi connectivity index (χ3v) is 2.94. The fraction of sp³-hybridized carbons (Fsp3) is 0.364. The number of halogens is 3. The van der Waals surface area contributed by atoms with Gasteiger partial charge in [0.2, 0.25) is 0 Å². The molecule has 0 spiro atoms. The Kier molecular flexibility index (Phi) is 2.40. The van der Waals surface area contributed by atoms with E-state index in [9.17, 15) is 18.0 Å². The molecule has 0 atom stereocenters. The summed E-state index contributed by atoms with van der Waals surface area (Å²) in [6.07, 6.45) is -2.10. The highest BCUT2D eigenvalue weighted by Crippen LogP contribution is 2.49. The van der Waals surface area contributed by atoms with Gasteiger partial charge in [0.25, 0.3) is 6.43 Å². The van der Waals surface area contributed by atoms with E-state index in [1.807, 2.05) is 0 Å². The zero-order chi connectivity index (χ0) is 11.9. The summed E-state index contributed by atoms with van der Waals surface area (Å²) in [5, 5.41) is 8.97. The van der Waals surface area contributed by atoms with Gasteiger partial charge in [0.05, 0.1) is 11.0 Å². The fourth-order valence-electron chi connectivity index (χ4n) is 1.76. The van der Waals surface area contributed by atoms with Crippen molar-refractivity contribution in [3.05, 3.63) is 35.1 Å². The molecule has 1 saturated carbocycles. The van der Waals surface area contributed by atoms with Crippen LogP contribution < -0.4 is 0 Å². The highest BCUT2D eigenvalue weighted by molar-refractivity contribution is 5.84. The molecule has 1 aliphatic carbocycles. The first-order valence-corrected chi connectivity index (χ1v) is 4.79. The van der Waals surface area contributed by atoms with E-state index < -0.39 is 29.2 Å². The van der Waals surface area contributed by atoms with Gasteiger partial charge < -0.3 is 5.11 Å². The molecule has 1 fully saturated rings. The van der Waals surface area contributed by atoms with Crippen LogP contribution in [0.5, 0.6) is 0 Å². The van der Waals surface area contributed by atoms with Gasteiger partial charge in [-0.15, -0.1) is 0 Å². The predicted octanol–water partition coefficient (Wildman–Crippen LogP) is 2.88. The van der Waals surface area contributed by atoms with Crippen LogP contribution in [0.1, 0.15) is 30.4 Å². The number of aliphatic carboxylic acids is 1. The molecule has 16 heavy (non-hydrogen) atoms. The van der Waals surface area contributed by atoms with E-state index in [1.54, 1.807) is 0 Å². The average molecular weight is 230 g/mol. The molecule has 0 bridgehead atoms. The number of alkyl halides is 2. The third-order valence-electron chi connectivity index (χ3n) is 2.94. The summed E-state index contributed by atoms with van der Waals surface area (Å²) in [6, 6.07) is 3.13. The fourth-order valence-corrected chi connectivity index (χ4v) is 1.76. The summed E-state index contributed by atoms with van der Waals surface area (Å²) in [6.45, 7) is 0. The van der Waals surface area contributed by atoms with Crippen LogP contribution >= 0.6 is 0 Å². The Bertz CT molecular complexity index is 439.